The van der Waals surface area contributed by atoms with Gasteiger partial charge < -0.3 is 29.4 Å². The molecule has 0 spiro atoms. The molecule has 280 valence electrons. The van der Waals surface area contributed by atoms with Crippen LogP contribution in [-0.2, 0) is 51.7 Å². The molecular formula is C36H49N3O11S. The summed E-state index contributed by atoms with van der Waals surface area (Å²) in [6.45, 7) is 1.18. The quantitative estimate of drug-likeness (QED) is 0.345. The fourth-order valence-corrected chi connectivity index (χ4v) is 9.41. The minimum Gasteiger partial charge on any atom is -0.445 e. The first-order chi connectivity index (χ1) is 24.7. The van der Waals surface area contributed by atoms with Crippen molar-refractivity contribution in [1.82, 2.24) is 14.8 Å². The Kier molecular flexibility index (Phi) is 12.6. The first-order valence-corrected chi connectivity index (χ1v) is 19.2. The SMILES string of the molecule is CON(OC)C(=O)c1ccc2c(c1)COCCCCCCCN(C[C@@H](O)[C@H](Cc1ccccc1)NC(=O)O[C@H]1C3CO[C@H]4OC[C@@H]1C4C3)S2(=O)=O. The number of amides is 2. The highest BCUT2D eigenvalue weighted by atomic mass is 32.2. The number of ether oxygens (including phenoxy) is 4. The van der Waals surface area contributed by atoms with Crippen molar-refractivity contribution in [3.8, 4) is 0 Å². The molecule has 2 N–H and O–H groups in total. The third-order valence-electron chi connectivity index (χ3n) is 10.4. The first-order valence-electron chi connectivity index (χ1n) is 17.8. The van der Waals surface area contributed by atoms with Crippen LogP contribution in [0.2, 0.25) is 0 Å². The van der Waals surface area contributed by atoms with E-state index in [1.807, 2.05) is 30.3 Å². The van der Waals surface area contributed by atoms with Crippen molar-refractivity contribution in [2.24, 2.45) is 17.8 Å². The lowest BCUT2D eigenvalue weighted by Gasteiger charge is -2.31. The Morgan fingerprint density at radius 1 is 1.00 bits per heavy atom. The van der Waals surface area contributed by atoms with Crippen molar-refractivity contribution in [2.45, 2.75) is 81.0 Å². The molecule has 0 aromatic heterocycles. The minimum absolute atomic E-state index is 0.0366. The number of nitrogens with zero attached hydrogens (tertiary/aromatic N) is 2. The summed E-state index contributed by atoms with van der Waals surface area (Å²) < 4.78 is 53.7. The van der Waals surface area contributed by atoms with E-state index in [0.29, 0.717) is 31.5 Å². The number of sulfonamides is 1. The third-order valence-corrected chi connectivity index (χ3v) is 12.3. The van der Waals surface area contributed by atoms with Gasteiger partial charge in [-0.3, -0.25) is 4.79 Å². The lowest BCUT2D eigenvalue weighted by molar-refractivity contribution is -0.299. The molecule has 1 aliphatic carbocycles. The van der Waals surface area contributed by atoms with Gasteiger partial charge in [-0.2, -0.15) is 4.31 Å². The molecular weight excluding hydrogens is 682 g/mol. The van der Waals surface area contributed by atoms with Gasteiger partial charge in [0.05, 0.1) is 51.1 Å². The summed E-state index contributed by atoms with van der Waals surface area (Å²) >= 11 is 0. The maximum absolute atomic E-state index is 14.5. The molecule has 14 nitrogen and oxygen atoms in total. The monoisotopic (exact) mass is 731 g/mol. The normalized spacial score (nSPS) is 27.5. The zero-order chi connectivity index (χ0) is 36.0. The number of aliphatic hydroxyl groups excluding tert-OH is 1. The first kappa shape index (κ1) is 37.6. The van der Waals surface area contributed by atoms with E-state index in [9.17, 15) is 23.1 Å². The largest absolute Gasteiger partial charge is 0.445 e. The average Bonchev–Trinajstić information content (AvgIpc) is 3.67. The molecule has 2 aromatic rings. The van der Waals surface area contributed by atoms with E-state index in [2.05, 4.69) is 5.32 Å². The van der Waals surface area contributed by atoms with Crippen LogP contribution in [0.25, 0.3) is 0 Å². The topological polar surface area (TPSA) is 162 Å². The highest BCUT2D eigenvalue weighted by molar-refractivity contribution is 7.89. The maximum atomic E-state index is 14.5. The molecule has 2 aromatic carbocycles. The van der Waals surface area contributed by atoms with Crippen molar-refractivity contribution in [2.75, 3.05) is 47.1 Å². The average molecular weight is 732 g/mol. The summed E-state index contributed by atoms with van der Waals surface area (Å²) in [5.41, 5.74) is 1.29. The lowest BCUT2D eigenvalue weighted by atomic mass is 9.98. The van der Waals surface area contributed by atoms with Gasteiger partial charge in [0, 0.05) is 43.0 Å². The fraction of sp³-hybridized carbons (Fsp3) is 0.611. The molecule has 2 saturated heterocycles. The molecule has 6 rings (SSSR count). The molecule has 3 heterocycles. The van der Waals surface area contributed by atoms with E-state index in [4.69, 9.17) is 28.6 Å². The molecule has 4 aliphatic rings. The maximum Gasteiger partial charge on any atom is 0.407 e. The number of rotatable bonds is 10. The molecule has 0 radical (unpaired) electrons. The van der Waals surface area contributed by atoms with Gasteiger partial charge in [-0.15, -0.1) is 0 Å². The van der Waals surface area contributed by atoms with Crippen LogP contribution in [0.4, 0.5) is 4.79 Å². The Bertz CT molecular complexity index is 1590. The van der Waals surface area contributed by atoms with Crippen molar-refractivity contribution < 1.29 is 51.7 Å². The van der Waals surface area contributed by atoms with Crippen LogP contribution in [-0.4, -0.2) is 107 Å². The van der Waals surface area contributed by atoms with Crippen molar-refractivity contribution in [1.29, 1.82) is 0 Å². The van der Waals surface area contributed by atoms with Crippen LogP contribution in [0.15, 0.2) is 53.4 Å². The molecule has 15 heteroatoms. The summed E-state index contributed by atoms with van der Waals surface area (Å²) in [5, 5.41) is 15.4. The fourth-order valence-electron chi connectivity index (χ4n) is 7.72. The van der Waals surface area contributed by atoms with E-state index in [1.54, 1.807) is 0 Å². The van der Waals surface area contributed by atoms with Gasteiger partial charge >= 0.3 is 12.0 Å². The number of benzene rings is 2. The summed E-state index contributed by atoms with van der Waals surface area (Å²) in [6.07, 6.45) is 2.52. The number of carbonyl (C=O) groups is 2. The highest BCUT2D eigenvalue weighted by Crippen LogP contribution is 2.49. The second kappa shape index (κ2) is 17.1. The molecule has 1 saturated carbocycles. The Hall–Kier alpha value is -3.15. The summed E-state index contributed by atoms with van der Waals surface area (Å²) in [4.78, 5) is 36.4. The minimum atomic E-state index is -4.23. The van der Waals surface area contributed by atoms with Crippen LogP contribution in [0.3, 0.4) is 0 Å². The molecule has 2 bridgehead atoms. The standard InChI is InChI=1S/C36H49N3O11S/c1-45-39(46-2)34(41)25-13-14-32-26(18-25)21-47-16-10-5-3-4-9-15-38(51(32,43)44)20-31(40)30(17-24-11-7-6-8-12-24)37-36(42)50-33-27-19-28-29(33)23-49-35(28)48-22-27/h6-8,11-14,18,27-31,33,35,40H,3-5,9-10,15-17,19-23H2,1-2H3,(H,37,42)/t27?,28?,29-,30+,31-,33+,35+/m1/s1. The van der Waals surface area contributed by atoms with Crippen molar-refractivity contribution in [3.63, 3.8) is 0 Å². The summed E-state index contributed by atoms with van der Waals surface area (Å²) in [6, 6.07) is 12.7. The number of nitrogens with one attached hydrogen (secondary N) is 1. The van der Waals surface area contributed by atoms with Gasteiger partial charge in [0.25, 0.3) is 0 Å². The van der Waals surface area contributed by atoms with E-state index < -0.39 is 34.2 Å². The van der Waals surface area contributed by atoms with E-state index in [-0.39, 0.29) is 72.3 Å². The predicted molar refractivity (Wildman–Crippen MR) is 182 cm³/mol. The van der Waals surface area contributed by atoms with E-state index in [1.165, 1.54) is 36.7 Å². The summed E-state index contributed by atoms with van der Waals surface area (Å²) in [7, 11) is -1.67. The molecule has 2 unspecified atom stereocenters. The Morgan fingerprint density at radius 3 is 2.53 bits per heavy atom. The highest BCUT2D eigenvalue weighted by Gasteiger charge is 2.56. The van der Waals surface area contributed by atoms with E-state index in [0.717, 1.165) is 37.7 Å². The Balaban J connectivity index is 1.24. The van der Waals surface area contributed by atoms with Crippen molar-refractivity contribution in [3.05, 3.63) is 65.2 Å². The molecule has 3 aliphatic heterocycles. The van der Waals surface area contributed by atoms with Crippen LogP contribution < -0.4 is 5.32 Å². The van der Waals surface area contributed by atoms with Gasteiger partial charge in [0.1, 0.15) is 6.10 Å². The number of hydrogen-bond acceptors (Lipinski definition) is 11. The Labute approximate surface area is 299 Å². The van der Waals surface area contributed by atoms with Gasteiger partial charge in [0.2, 0.25) is 10.0 Å². The zero-order valence-electron chi connectivity index (χ0n) is 29.2. The lowest BCUT2D eigenvalue weighted by Crippen LogP contribution is -2.51. The van der Waals surface area contributed by atoms with Crippen LogP contribution in [0.1, 0.15) is 60.0 Å². The van der Waals surface area contributed by atoms with Crippen LogP contribution in [0, 0.1) is 17.8 Å². The molecule has 51 heavy (non-hydrogen) atoms. The van der Waals surface area contributed by atoms with Crippen LogP contribution >= 0.6 is 0 Å². The number of fused-ring (bicyclic) bond motifs is 2. The number of hydrogen-bond donors (Lipinski definition) is 2. The summed E-state index contributed by atoms with van der Waals surface area (Å²) in [5.74, 6) is -0.302. The number of alkyl carbamates (subject to hydrolysis) is 1. The molecule has 3 fully saturated rings. The van der Waals surface area contributed by atoms with Gasteiger partial charge in [0.15, 0.2) is 6.29 Å². The second-order valence-corrected chi connectivity index (χ2v) is 15.6. The van der Waals surface area contributed by atoms with E-state index >= 15 is 0 Å². The van der Waals surface area contributed by atoms with Crippen LogP contribution in [0.5, 0.6) is 0 Å². The number of hydroxylamine groups is 2. The molecule has 2 amide bonds. The Morgan fingerprint density at radius 2 is 1.75 bits per heavy atom. The van der Waals surface area contributed by atoms with Gasteiger partial charge in [-0.25, -0.2) is 22.9 Å². The second-order valence-electron chi connectivity index (χ2n) is 13.7. The van der Waals surface area contributed by atoms with Crippen molar-refractivity contribution >= 4 is 22.0 Å². The van der Waals surface area contributed by atoms with Gasteiger partial charge in [-0.1, -0.05) is 54.8 Å². The van der Waals surface area contributed by atoms with Gasteiger partial charge in [-0.05, 0) is 55.0 Å². The zero-order valence-corrected chi connectivity index (χ0v) is 30.0. The number of β-amino-alcohol motifs (C(OH)–C–C–N with tert-alkyl or cyclic N) is 1. The molecule has 7 atom stereocenters. The predicted octanol–water partition coefficient (Wildman–Crippen LogP) is 3.43. The smallest absolute Gasteiger partial charge is 0.407 e. The third kappa shape index (κ3) is 8.74. The number of carbonyl (C=O) groups excluding carboxylic acids is 2. The number of aliphatic hydroxyl groups is 1.